The first-order chi connectivity index (χ1) is 12.0. The summed E-state index contributed by atoms with van der Waals surface area (Å²) in [7, 11) is 0. The van der Waals surface area contributed by atoms with Crippen molar-refractivity contribution in [2.75, 3.05) is 6.61 Å². The van der Waals surface area contributed by atoms with Crippen molar-refractivity contribution in [3.05, 3.63) is 69.8 Å². The Morgan fingerprint density at radius 3 is 2.36 bits per heavy atom. The van der Waals surface area contributed by atoms with Gasteiger partial charge in [-0.3, -0.25) is 10.1 Å². The first kappa shape index (κ1) is 17.9. The molecule has 0 saturated carbocycles. The maximum absolute atomic E-state index is 10.6. The van der Waals surface area contributed by atoms with Gasteiger partial charge in [0.2, 0.25) is 0 Å². The van der Waals surface area contributed by atoms with Crippen LogP contribution in [0.4, 0.5) is 5.69 Å². The van der Waals surface area contributed by atoms with Crippen molar-refractivity contribution in [2.24, 2.45) is 5.16 Å². The molecule has 0 aromatic heterocycles. The molecule has 8 nitrogen and oxygen atoms in total. The van der Waals surface area contributed by atoms with E-state index in [1.54, 1.807) is 43.3 Å². The van der Waals surface area contributed by atoms with E-state index in [1.165, 1.54) is 12.1 Å². The number of rotatable bonds is 8. The molecule has 0 heterocycles. The minimum atomic E-state index is -1.04. The summed E-state index contributed by atoms with van der Waals surface area (Å²) in [4.78, 5) is 25.8. The van der Waals surface area contributed by atoms with E-state index in [1.807, 2.05) is 0 Å². The number of nitro benzene ring substituents is 1. The third-order valence-electron chi connectivity index (χ3n) is 3.21. The van der Waals surface area contributed by atoms with Gasteiger partial charge in [-0.25, -0.2) is 4.79 Å². The summed E-state index contributed by atoms with van der Waals surface area (Å²) in [5.41, 5.74) is 2.21. The number of non-ortho nitro benzene ring substituents is 1. The Bertz CT molecular complexity index is 769. The number of ether oxygens (including phenoxy) is 1. The highest BCUT2D eigenvalue weighted by molar-refractivity contribution is 5.98. The zero-order valence-electron chi connectivity index (χ0n) is 13.4. The maximum atomic E-state index is 10.6. The Labute approximate surface area is 143 Å². The zero-order valence-corrected chi connectivity index (χ0v) is 13.4. The molecule has 0 bridgehead atoms. The van der Waals surface area contributed by atoms with Crippen LogP contribution in [0.25, 0.3) is 0 Å². The number of aliphatic carboxylic acids is 1. The second kappa shape index (κ2) is 8.44. The average Bonchev–Trinajstić information content (AvgIpc) is 2.60. The number of oxime groups is 1. The van der Waals surface area contributed by atoms with Crippen molar-refractivity contribution < 1.29 is 24.4 Å². The van der Waals surface area contributed by atoms with Gasteiger partial charge in [0, 0.05) is 12.1 Å². The van der Waals surface area contributed by atoms with E-state index in [0.29, 0.717) is 11.5 Å². The Hall–Kier alpha value is -3.42. The summed E-state index contributed by atoms with van der Waals surface area (Å²) in [6.07, 6.45) is 0. The van der Waals surface area contributed by atoms with Crippen LogP contribution >= 0.6 is 0 Å². The fraction of sp³-hybridized carbons (Fsp3) is 0.176. The van der Waals surface area contributed by atoms with E-state index in [-0.39, 0.29) is 12.3 Å². The Balaban J connectivity index is 1.90. The first-order valence-electron chi connectivity index (χ1n) is 7.30. The van der Waals surface area contributed by atoms with Crippen LogP contribution in [0.1, 0.15) is 18.1 Å². The smallest absolute Gasteiger partial charge is 0.341 e. The van der Waals surface area contributed by atoms with Crippen LogP contribution in [0, 0.1) is 10.1 Å². The monoisotopic (exact) mass is 344 g/mol. The summed E-state index contributed by atoms with van der Waals surface area (Å²) in [5.74, 6) is -0.591. The van der Waals surface area contributed by atoms with E-state index >= 15 is 0 Å². The lowest BCUT2D eigenvalue weighted by atomic mass is 10.1. The van der Waals surface area contributed by atoms with Gasteiger partial charge < -0.3 is 14.7 Å². The molecule has 0 unspecified atom stereocenters. The number of benzene rings is 2. The van der Waals surface area contributed by atoms with Gasteiger partial charge in [-0.1, -0.05) is 5.16 Å². The first-order valence-corrected chi connectivity index (χ1v) is 7.30. The number of hydrogen-bond acceptors (Lipinski definition) is 6. The van der Waals surface area contributed by atoms with E-state index in [4.69, 9.17) is 14.7 Å². The van der Waals surface area contributed by atoms with Crippen LogP contribution in [-0.2, 0) is 16.2 Å². The lowest BCUT2D eigenvalue weighted by molar-refractivity contribution is -0.384. The van der Waals surface area contributed by atoms with Gasteiger partial charge in [0.25, 0.3) is 5.69 Å². The number of nitro groups is 1. The molecular weight excluding hydrogens is 328 g/mol. The Morgan fingerprint density at radius 1 is 1.16 bits per heavy atom. The summed E-state index contributed by atoms with van der Waals surface area (Å²) in [6, 6.07) is 12.8. The number of carbonyl (C=O) groups is 1. The topological polar surface area (TPSA) is 111 Å². The van der Waals surface area contributed by atoms with Gasteiger partial charge in [-0.2, -0.15) is 0 Å². The Kier molecular flexibility index (Phi) is 6.05. The molecule has 130 valence electrons. The SMILES string of the molecule is C/C(=N\OCc1ccc([N+](=O)[O-])cc1)c1ccc(OCC(=O)O)cc1. The average molecular weight is 344 g/mol. The van der Waals surface area contributed by atoms with Gasteiger partial charge in [-0.05, 0) is 54.4 Å². The van der Waals surface area contributed by atoms with Crippen molar-refractivity contribution in [3.63, 3.8) is 0 Å². The summed E-state index contributed by atoms with van der Waals surface area (Å²) < 4.78 is 5.05. The molecule has 1 N–H and O–H groups in total. The number of carboxylic acid groups (broad SMARTS) is 1. The predicted molar refractivity (Wildman–Crippen MR) is 89.7 cm³/mol. The fourth-order valence-electron chi connectivity index (χ4n) is 1.91. The van der Waals surface area contributed by atoms with Gasteiger partial charge in [0.05, 0.1) is 10.6 Å². The lowest BCUT2D eigenvalue weighted by Gasteiger charge is -2.05. The van der Waals surface area contributed by atoms with Crippen LogP contribution in [-0.4, -0.2) is 28.3 Å². The van der Waals surface area contributed by atoms with Crippen molar-refractivity contribution in [1.29, 1.82) is 0 Å². The van der Waals surface area contributed by atoms with Gasteiger partial charge in [0.15, 0.2) is 6.61 Å². The minimum absolute atomic E-state index is 0.0219. The molecule has 0 radical (unpaired) electrons. The Morgan fingerprint density at radius 2 is 1.80 bits per heavy atom. The van der Waals surface area contributed by atoms with E-state index in [2.05, 4.69) is 5.16 Å². The molecular formula is C17H16N2O6. The molecule has 0 atom stereocenters. The van der Waals surface area contributed by atoms with Crippen molar-refractivity contribution >= 4 is 17.4 Å². The highest BCUT2D eigenvalue weighted by Gasteiger charge is 2.05. The largest absolute Gasteiger partial charge is 0.482 e. The third kappa shape index (κ3) is 5.61. The van der Waals surface area contributed by atoms with Crippen LogP contribution in [0.3, 0.4) is 0 Å². The van der Waals surface area contributed by atoms with E-state index in [9.17, 15) is 14.9 Å². The number of hydrogen-bond donors (Lipinski definition) is 1. The van der Waals surface area contributed by atoms with Gasteiger partial charge >= 0.3 is 5.97 Å². The minimum Gasteiger partial charge on any atom is -0.482 e. The van der Waals surface area contributed by atoms with Crippen LogP contribution in [0.5, 0.6) is 5.75 Å². The predicted octanol–water partition coefficient (Wildman–Crippen LogP) is 3.00. The molecule has 0 spiro atoms. The standard InChI is InChI=1S/C17H16N2O6/c1-12(14-4-8-16(9-5-14)24-11-17(20)21)18-25-10-13-2-6-15(7-3-13)19(22)23/h2-9H,10-11H2,1H3,(H,20,21)/b18-12+. The van der Waals surface area contributed by atoms with E-state index < -0.39 is 17.5 Å². The molecule has 8 heteroatoms. The molecule has 2 aromatic carbocycles. The highest BCUT2D eigenvalue weighted by atomic mass is 16.6. The molecule has 2 rings (SSSR count). The normalized spacial score (nSPS) is 11.0. The molecule has 0 fully saturated rings. The molecule has 2 aromatic rings. The van der Waals surface area contributed by atoms with Crippen LogP contribution in [0.15, 0.2) is 53.7 Å². The molecule has 0 amide bonds. The van der Waals surface area contributed by atoms with Gasteiger partial charge in [0.1, 0.15) is 12.4 Å². The van der Waals surface area contributed by atoms with Crippen molar-refractivity contribution in [2.45, 2.75) is 13.5 Å². The molecule has 0 aliphatic carbocycles. The molecule has 0 aliphatic rings. The molecule has 0 aliphatic heterocycles. The summed E-state index contributed by atoms with van der Waals surface area (Å²) in [6.45, 7) is 1.56. The summed E-state index contributed by atoms with van der Waals surface area (Å²) >= 11 is 0. The van der Waals surface area contributed by atoms with Crippen molar-refractivity contribution in [1.82, 2.24) is 0 Å². The number of nitrogens with zero attached hydrogens (tertiary/aromatic N) is 2. The lowest BCUT2D eigenvalue weighted by Crippen LogP contribution is -2.09. The maximum Gasteiger partial charge on any atom is 0.341 e. The third-order valence-corrected chi connectivity index (χ3v) is 3.21. The van der Waals surface area contributed by atoms with Crippen molar-refractivity contribution in [3.8, 4) is 5.75 Å². The van der Waals surface area contributed by atoms with Crippen LogP contribution in [0.2, 0.25) is 0 Å². The second-order valence-electron chi connectivity index (χ2n) is 5.08. The second-order valence-corrected chi connectivity index (χ2v) is 5.08. The quantitative estimate of drug-likeness (QED) is 0.447. The molecule has 0 saturated heterocycles. The zero-order chi connectivity index (χ0) is 18.2. The summed E-state index contributed by atoms with van der Waals surface area (Å²) in [5, 5.41) is 23.1. The van der Waals surface area contributed by atoms with Crippen LogP contribution < -0.4 is 4.74 Å². The van der Waals surface area contributed by atoms with E-state index in [0.717, 1.165) is 11.1 Å². The van der Waals surface area contributed by atoms with Gasteiger partial charge in [-0.15, -0.1) is 0 Å². The highest BCUT2D eigenvalue weighted by Crippen LogP contribution is 2.14. The fourth-order valence-corrected chi connectivity index (χ4v) is 1.91. The number of carboxylic acids is 1. The molecule has 25 heavy (non-hydrogen) atoms.